The summed E-state index contributed by atoms with van der Waals surface area (Å²) in [5, 5.41) is 74.0. The molecule has 2 aromatic rings. The summed E-state index contributed by atoms with van der Waals surface area (Å²) in [7, 11) is 0. The van der Waals surface area contributed by atoms with Crippen LogP contribution in [0.15, 0.2) is 63.8 Å². The second-order valence-corrected chi connectivity index (χ2v) is 20.7. The summed E-state index contributed by atoms with van der Waals surface area (Å²) in [6.45, 7) is 7.04. The molecule has 14 nitrogen and oxygen atoms in total. The zero-order valence-corrected chi connectivity index (χ0v) is 38.6. The number of unbranched alkanes of at least 4 members (excludes halogenated alkanes) is 1. The molecule has 12 atom stereocenters. The molecule has 354 valence electrons. The highest BCUT2D eigenvalue weighted by atomic mass is 32.1. The van der Waals surface area contributed by atoms with Crippen molar-refractivity contribution in [1.29, 1.82) is 0 Å². The van der Waals surface area contributed by atoms with Gasteiger partial charge in [-0.25, -0.2) is 9.59 Å². The number of carbonyl (C=O) groups excluding carboxylic acids is 1. The molecule has 0 spiro atoms. The molecule has 5 aliphatic carbocycles. The summed E-state index contributed by atoms with van der Waals surface area (Å²) >= 11 is 5.50. The number of amides is 1. The Balaban J connectivity index is 0.814. The van der Waals surface area contributed by atoms with Crippen molar-refractivity contribution in [3.05, 3.63) is 70.4 Å². The quantitative estimate of drug-likeness (QED) is 0.0341. The van der Waals surface area contributed by atoms with E-state index in [4.69, 9.17) is 16.6 Å². The summed E-state index contributed by atoms with van der Waals surface area (Å²) in [5.74, 6) is -1.43. The highest BCUT2D eigenvalue weighted by Crippen LogP contribution is 2.68. The molecule has 0 aromatic heterocycles. The number of benzene rings is 3. The minimum Gasteiger partial charge on any atom is -0.508 e. The second-order valence-electron chi connectivity index (χ2n) is 20.3. The molecule has 2 unspecified atom stereocenters. The van der Waals surface area contributed by atoms with E-state index in [2.05, 4.69) is 36.7 Å². The number of aromatic carboxylic acids is 1. The van der Waals surface area contributed by atoms with E-state index in [0.29, 0.717) is 72.8 Å². The van der Waals surface area contributed by atoms with Crippen LogP contribution >= 0.6 is 12.2 Å². The lowest BCUT2D eigenvalue weighted by molar-refractivity contribution is -0.207. The van der Waals surface area contributed by atoms with Crippen molar-refractivity contribution in [3.63, 3.8) is 0 Å². The summed E-state index contributed by atoms with van der Waals surface area (Å²) in [6, 6.07) is 12.5. The topological polar surface area (TPSA) is 239 Å². The molecule has 0 bridgehead atoms. The van der Waals surface area contributed by atoms with Crippen LogP contribution in [0.3, 0.4) is 0 Å². The van der Waals surface area contributed by atoms with Crippen LogP contribution in [0, 0.1) is 46.3 Å². The molecular weight excluding hydrogens is 863 g/mol. The summed E-state index contributed by atoms with van der Waals surface area (Å²) in [6.07, 6.45) is 6.24. The molecule has 4 fully saturated rings. The van der Waals surface area contributed by atoms with Gasteiger partial charge < -0.3 is 51.0 Å². The van der Waals surface area contributed by atoms with Gasteiger partial charge in [-0.05, 0) is 171 Å². The van der Waals surface area contributed by atoms with Crippen molar-refractivity contribution < 1.29 is 49.4 Å². The molecule has 0 saturated heterocycles. The lowest BCUT2D eigenvalue weighted by Gasteiger charge is -2.63. The molecule has 1 heterocycles. The largest absolute Gasteiger partial charge is 0.508 e. The fraction of sp³-hybridized carbons (Fsp3) is 0.549. The average Bonchev–Trinajstić information content (AvgIpc) is 3.63. The molecule has 66 heavy (non-hydrogen) atoms. The number of thiocarbonyl (C=S) groups is 1. The number of hydrogen-bond acceptors (Lipinski definition) is 10. The van der Waals surface area contributed by atoms with Gasteiger partial charge >= 0.3 is 11.9 Å². The van der Waals surface area contributed by atoms with Crippen LogP contribution in [0.2, 0.25) is 0 Å². The Bertz CT molecular complexity index is 2530. The number of aliphatic hydroxyl groups is 3. The predicted octanol–water partition coefficient (Wildman–Crippen LogP) is 7.37. The van der Waals surface area contributed by atoms with Crippen LogP contribution in [0.5, 0.6) is 5.75 Å². The van der Waals surface area contributed by atoms with Gasteiger partial charge in [-0.3, -0.25) is 9.59 Å². The monoisotopic (exact) mass is 925 g/mol. The molecular formula is C51H63N3O11S. The Labute approximate surface area is 389 Å². The van der Waals surface area contributed by atoms with Crippen LogP contribution in [-0.4, -0.2) is 84.5 Å². The molecule has 0 radical (unpaired) electrons. The normalized spacial score (nSPS) is 30.1. The first kappa shape index (κ1) is 47.4. The number of fused-ring (bicyclic) bond motifs is 7. The van der Waals surface area contributed by atoms with E-state index in [-0.39, 0.29) is 104 Å². The van der Waals surface area contributed by atoms with E-state index in [1.165, 1.54) is 30.3 Å². The molecule has 1 amide bonds. The summed E-state index contributed by atoms with van der Waals surface area (Å²) in [5.41, 5.74) is 1.38. The number of hydrogen-bond donors (Lipinski definition) is 9. The number of phenolic OH excluding ortho intramolecular Hbond substituents is 1. The number of phenols is 1. The predicted molar refractivity (Wildman–Crippen MR) is 253 cm³/mol. The molecule has 15 heteroatoms. The van der Waals surface area contributed by atoms with Crippen molar-refractivity contribution >= 4 is 51.8 Å². The molecule has 6 aliphatic rings. The van der Waals surface area contributed by atoms with E-state index >= 15 is 0 Å². The molecule has 1 aliphatic heterocycles. The van der Waals surface area contributed by atoms with Gasteiger partial charge in [0.2, 0.25) is 5.91 Å². The third-order valence-electron chi connectivity index (χ3n) is 16.6. The smallest absolute Gasteiger partial charge is 0.336 e. The molecule has 2 aromatic carbocycles. The van der Waals surface area contributed by atoms with E-state index < -0.39 is 30.2 Å². The van der Waals surface area contributed by atoms with Crippen molar-refractivity contribution in [3.8, 4) is 28.2 Å². The van der Waals surface area contributed by atoms with Gasteiger partial charge in [0.25, 0.3) is 0 Å². The minimum atomic E-state index is -1.20. The number of rotatable bonds is 14. The van der Waals surface area contributed by atoms with Gasteiger partial charge in [0.05, 0.1) is 23.9 Å². The lowest BCUT2D eigenvalue weighted by Crippen LogP contribution is -2.62. The third kappa shape index (κ3) is 9.03. The Morgan fingerprint density at radius 1 is 0.894 bits per heavy atom. The first-order chi connectivity index (χ1) is 31.4. The van der Waals surface area contributed by atoms with Crippen LogP contribution in [-0.2, 0) is 9.59 Å². The van der Waals surface area contributed by atoms with Gasteiger partial charge in [0, 0.05) is 47.3 Å². The van der Waals surface area contributed by atoms with E-state index in [1.807, 2.05) is 0 Å². The van der Waals surface area contributed by atoms with Crippen LogP contribution in [0.1, 0.15) is 108 Å². The van der Waals surface area contributed by atoms with Crippen molar-refractivity contribution in [2.45, 2.75) is 122 Å². The van der Waals surface area contributed by atoms with Gasteiger partial charge in [0.15, 0.2) is 10.5 Å². The number of carboxylic acids is 2. The SMILES string of the molecule is C[C@H](CCC(=O)NC(CCCCNC(=S)Nc1ccc(-c2c3ccc(=O)cc-3oc3cc(O)ccc23)c(C(=O)O)c1)C(=O)O)[C@H]1CCC2[C@@H]3[C@H](O)C[C@@H]4C[C@H](O)CC[C@]4(C)[C@H]3C[C@H](O)[C@@]21C. The number of carbonyl (C=O) groups is 3. The number of aliphatic hydroxyl groups excluding tert-OH is 3. The Morgan fingerprint density at radius 3 is 2.42 bits per heavy atom. The number of anilines is 1. The highest BCUT2D eigenvalue weighted by molar-refractivity contribution is 7.80. The second kappa shape index (κ2) is 18.9. The number of carboxylic acid groups (broad SMARTS) is 2. The standard InChI is InChI=1S/C51H63N3O11S/c1-26(36-14-15-37-46-38(25-43(59)51(36,37)3)50(2)18-17-31(57)20-27(50)21-40(46)58)7-16-44(60)54-39(48(63)64)6-4-5-19-52-49(66)53-28-8-11-32(35(22-28)47(61)62)45-33-12-9-29(55)23-41(33)65-42-24-30(56)10-13-34(42)45/h8-13,22-24,26-27,31,36-40,43,46,55,57-59H,4-7,14-21,25H2,1-3H3,(H,54,60)(H,61,62)(H,63,64)(H2,52,53,66)/t26-,27+,31-,36-,37?,38+,39?,40-,43+,46+,50+,51-/m1/s1. The number of aliphatic carboxylic acids is 1. The van der Waals surface area contributed by atoms with E-state index in [0.717, 1.165) is 25.7 Å². The van der Waals surface area contributed by atoms with Crippen LogP contribution in [0.4, 0.5) is 5.69 Å². The highest BCUT2D eigenvalue weighted by Gasteiger charge is 2.65. The Kier molecular flexibility index (Phi) is 13.6. The lowest BCUT2D eigenvalue weighted by atomic mass is 9.43. The minimum absolute atomic E-state index is 0.00554. The number of aromatic hydroxyl groups is 1. The Hall–Kier alpha value is -5.09. The van der Waals surface area contributed by atoms with Crippen LogP contribution in [0.25, 0.3) is 33.4 Å². The Morgan fingerprint density at radius 2 is 1.67 bits per heavy atom. The van der Waals surface area contributed by atoms with E-state index in [9.17, 15) is 49.8 Å². The van der Waals surface area contributed by atoms with Crippen LogP contribution < -0.4 is 21.4 Å². The van der Waals surface area contributed by atoms with Gasteiger partial charge in [0.1, 0.15) is 23.1 Å². The zero-order chi connectivity index (χ0) is 47.2. The maximum Gasteiger partial charge on any atom is 0.336 e. The molecule has 4 saturated carbocycles. The first-order valence-electron chi connectivity index (χ1n) is 23.6. The molecule has 9 N–H and O–H groups in total. The van der Waals surface area contributed by atoms with Gasteiger partial charge in [-0.15, -0.1) is 0 Å². The van der Waals surface area contributed by atoms with Crippen molar-refractivity contribution in [2.75, 3.05) is 11.9 Å². The van der Waals surface area contributed by atoms with E-state index in [1.54, 1.807) is 24.3 Å². The van der Waals surface area contributed by atoms with Crippen molar-refractivity contribution in [1.82, 2.24) is 10.6 Å². The van der Waals surface area contributed by atoms with Gasteiger partial charge in [-0.1, -0.05) is 26.8 Å². The maximum absolute atomic E-state index is 13.2. The number of nitrogens with one attached hydrogen (secondary N) is 3. The first-order valence-corrected chi connectivity index (χ1v) is 24.0. The summed E-state index contributed by atoms with van der Waals surface area (Å²) in [4.78, 5) is 50.2. The maximum atomic E-state index is 13.2. The zero-order valence-electron chi connectivity index (χ0n) is 37.8. The van der Waals surface area contributed by atoms with Gasteiger partial charge in [-0.2, -0.15) is 0 Å². The summed E-state index contributed by atoms with van der Waals surface area (Å²) < 4.78 is 5.91. The van der Waals surface area contributed by atoms with Crippen molar-refractivity contribution in [2.24, 2.45) is 46.3 Å². The fourth-order valence-corrected chi connectivity index (χ4v) is 13.5. The molecule has 8 rings (SSSR count). The average molecular weight is 926 g/mol. The third-order valence-corrected chi connectivity index (χ3v) is 16.9. The fourth-order valence-electron chi connectivity index (χ4n) is 13.2.